The molecule has 1 aromatic rings. The van der Waals surface area contributed by atoms with Gasteiger partial charge in [-0.2, -0.15) is 0 Å². The van der Waals surface area contributed by atoms with E-state index in [1.54, 1.807) is 13.4 Å². The van der Waals surface area contributed by atoms with Gasteiger partial charge in [0.15, 0.2) is 11.8 Å². The maximum Gasteiger partial charge on any atom is 0.191 e. The molecule has 0 spiro atoms. The van der Waals surface area contributed by atoms with Crippen LogP contribution in [-0.4, -0.2) is 33.8 Å². The Labute approximate surface area is 138 Å². The summed E-state index contributed by atoms with van der Waals surface area (Å²) in [7, 11) is 3.71. The largest absolute Gasteiger partial charge is 0.354 e. The van der Waals surface area contributed by atoms with Crippen molar-refractivity contribution < 1.29 is 0 Å². The molecule has 0 radical (unpaired) electrons. The Kier molecular flexibility index (Phi) is 10.4. The van der Waals surface area contributed by atoms with Gasteiger partial charge in [-0.25, -0.2) is 0 Å². The minimum Gasteiger partial charge on any atom is -0.354 e. The summed E-state index contributed by atoms with van der Waals surface area (Å²) in [6.07, 6.45) is 6.66. The van der Waals surface area contributed by atoms with E-state index in [9.17, 15) is 0 Å². The second kappa shape index (κ2) is 10.9. The number of hydrogen-bond acceptors (Lipinski definition) is 3. The Morgan fingerprint density at radius 3 is 2.75 bits per heavy atom. The van der Waals surface area contributed by atoms with Crippen LogP contribution in [0.15, 0.2) is 11.3 Å². The third-order valence-electron chi connectivity index (χ3n) is 3.07. The number of rotatable bonds is 7. The molecule has 0 aliphatic rings. The summed E-state index contributed by atoms with van der Waals surface area (Å²) in [4.78, 5) is 4.22. The number of guanidine groups is 1. The number of nitrogens with one attached hydrogen (secondary N) is 2. The summed E-state index contributed by atoms with van der Waals surface area (Å²) in [6, 6.07) is 0.428. The van der Waals surface area contributed by atoms with Crippen LogP contribution in [0.4, 0.5) is 0 Å². The SMILES string of the molecule is CCCCCC(C)NC(=NC)NCc1nncn1C.I. The van der Waals surface area contributed by atoms with Crippen molar-refractivity contribution in [1.82, 2.24) is 25.4 Å². The number of nitrogens with zero attached hydrogens (tertiary/aromatic N) is 4. The molecule has 0 bridgehead atoms. The van der Waals surface area contributed by atoms with Crippen molar-refractivity contribution in [1.29, 1.82) is 0 Å². The highest BCUT2D eigenvalue weighted by Crippen LogP contribution is 2.02. The van der Waals surface area contributed by atoms with Gasteiger partial charge >= 0.3 is 0 Å². The molecular formula is C13H27IN6. The second-order valence-electron chi connectivity index (χ2n) is 4.83. The molecule has 6 nitrogen and oxygen atoms in total. The number of hydrogen-bond donors (Lipinski definition) is 2. The molecule has 0 aliphatic carbocycles. The highest BCUT2D eigenvalue weighted by molar-refractivity contribution is 14.0. The van der Waals surface area contributed by atoms with E-state index in [-0.39, 0.29) is 24.0 Å². The van der Waals surface area contributed by atoms with E-state index in [4.69, 9.17) is 0 Å². The van der Waals surface area contributed by atoms with E-state index in [0.29, 0.717) is 12.6 Å². The van der Waals surface area contributed by atoms with Crippen molar-refractivity contribution in [2.45, 2.75) is 52.1 Å². The normalized spacial score (nSPS) is 12.7. The molecule has 1 rings (SSSR count). The highest BCUT2D eigenvalue weighted by atomic mass is 127. The van der Waals surface area contributed by atoms with Crippen molar-refractivity contribution in [3.8, 4) is 0 Å². The average Bonchev–Trinajstić information content (AvgIpc) is 2.80. The lowest BCUT2D eigenvalue weighted by Gasteiger charge is -2.17. The summed E-state index contributed by atoms with van der Waals surface area (Å²) in [5, 5.41) is 14.5. The summed E-state index contributed by atoms with van der Waals surface area (Å²) in [6.45, 7) is 5.03. The molecule has 116 valence electrons. The van der Waals surface area contributed by atoms with Gasteiger partial charge in [0.1, 0.15) is 6.33 Å². The fourth-order valence-corrected chi connectivity index (χ4v) is 1.83. The molecule has 1 aromatic heterocycles. The smallest absolute Gasteiger partial charge is 0.191 e. The first-order valence-corrected chi connectivity index (χ1v) is 6.97. The van der Waals surface area contributed by atoms with Crippen LogP contribution in [0.1, 0.15) is 45.4 Å². The fourth-order valence-electron chi connectivity index (χ4n) is 1.83. The highest BCUT2D eigenvalue weighted by Gasteiger charge is 2.06. The first-order valence-electron chi connectivity index (χ1n) is 6.97. The standard InChI is InChI=1S/C13H26N6.HI/c1-5-6-7-8-11(2)17-13(14-3)15-9-12-18-16-10-19(12)4;/h10-11H,5-9H2,1-4H3,(H2,14,15,17);1H. The third-order valence-corrected chi connectivity index (χ3v) is 3.07. The monoisotopic (exact) mass is 394 g/mol. The van der Waals surface area contributed by atoms with Crippen LogP contribution in [-0.2, 0) is 13.6 Å². The van der Waals surface area contributed by atoms with Gasteiger partial charge in [0.25, 0.3) is 0 Å². The Balaban J connectivity index is 0.00000361. The van der Waals surface area contributed by atoms with E-state index in [1.807, 2.05) is 11.6 Å². The minimum atomic E-state index is 0. The van der Waals surface area contributed by atoms with Crippen LogP contribution in [0.2, 0.25) is 0 Å². The van der Waals surface area contributed by atoms with Crippen LogP contribution in [0.5, 0.6) is 0 Å². The Morgan fingerprint density at radius 1 is 1.45 bits per heavy atom. The van der Waals surface area contributed by atoms with Crippen molar-refractivity contribution >= 4 is 29.9 Å². The number of aromatic nitrogens is 3. The van der Waals surface area contributed by atoms with Crippen molar-refractivity contribution in [2.75, 3.05) is 7.05 Å². The minimum absolute atomic E-state index is 0. The molecule has 0 fully saturated rings. The van der Waals surface area contributed by atoms with E-state index in [2.05, 4.69) is 39.7 Å². The molecule has 0 saturated carbocycles. The predicted molar refractivity (Wildman–Crippen MR) is 93.4 cm³/mol. The Morgan fingerprint density at radius 2 is 2.20 bits per heavy atom. The van der Waals surface area contributed by atoms with Gasteiger partial charge in [-0.1, -0.05) is 26.2 Å². The molecule has 1 heterocycles. The van der Waals surface area contributed by atoms with Gasteiger partial charge in [-0.05, 0) is 13.3 Å². The van der Waals surface area contributed by atoms with E-state index < -0.39 is 0 Å². The summed E-state index contributed by atoms with van der Waals surface area (Å²) >= 11 is 0. The molecular weight excluding hydrogens is 367 g/mol. The molecule has 0 aromatic carbocycles. The first kappa shape index (κ1) is 19.1. The quantitative estimate of drug-likeness (QED) is 0.322. The van der Waals surface area contributed by atoms with Crippen molar-refractivity contribution in [3.05, 3.63) is 12.2 Å². The molecule has 1 unspecified atom stereocenters. The number of aliphatic imine (C=N–C) groups is 1. The maximum atomic E-state index is 4.22. The molecule has 1 atom stereocenters. The van der Waals surface area contributed by atoms with E-state index >= 15 is 0 Å². The lowest BCUT2D eigenvalue weighted by atomic mass is 10.1. The summed E-state index contributed by atoms with van der Waals surface area (Å²) < 4.78 is 1.89. The molecule has 0 aliphatic heterocycles. The Bertz CT molecular complexity index is 390. The van der Waals surface area contributed by atoms with Gasteiger partial charge in [-0.3, -0.25) is 4.99 Å². The lowest BCUT2D eigenvalue weighted by molar-refractivity contribution is 0.545. The zero-order valence-corrected chi connectivity index (χ0v) is 15.2. The van der Waals surface area contributed by atoms with Gasteiger partial charge in [0.05, 0.1) is 6.54 Å². The van der Waals surface area contributed by atoms with Crippen LogP contribution in [0.25, 0.3) is 0 Å². The lowest BCUT2D eigenvalue weighted by Crippen LogP contribution is -2.42. The number of unbranched alkanes of at least 4 members (excludes halogenated alkanes) is 2. The maximum absolute atomic E-state index is 4.22. The van der Waals surface area contributed by atoms with Crippen LogP contribution < -0.4 is 10.6 Å². The van der Waals surface area contributed by atoms with Gasteiger partial charge in [-0.15, -0.1) is 34.2 Å². The zero-order valence-electron chi connectivity index (χ0n) is 12.9. The molecule has 20 heavy (non-hydrogen) atoms. The topological polar surface area (TPSA) is 67.1 Å². The predicted octanol–water partition coefficient (Wildman–Crippen LogP) is 2.07. The second-order valence-corrected chi connectivity index (χ2v) is 4.83. The fraction of sp³-hybridized carbons (Fsp3) is 0.769. The third kappa shape index (κ3) is 7.06. The van der Waals surface area contributed by atoms with Crippen molar-refractivity contribution in [2.24, 2.45) is 12.0 Å². The van der Waals surface area contributed by atoms with Crippen LogP contribution in [0, 0.1) is 0 Å². The molecule has 2 N–H and O–H groups in total. The van der Waals surface area contributed by atoms with E-state index in [0.717, 1.165) is 11.8 Å². The first-order chi connectivity index (χ1) is 9.17. The average molecular weight is 394 g/mol. The molecule has 0 saturated heterocycles. The van der Waals surface area contributed by atoms with Gasteiger partial charge in [0, 0.05) is 20.1 Å². The molecule has 7 heteroatoms. The van der Waals surface area contributed by atoms with Crippen molar-refractivity contribution in [3.63, 3.8) is 0 Å². The summed E-state index contributed by atoms with van der Waals surface area (Å²) in [5.41, 5.74) is 0. The number of aryl methyl sites for hydroxylation is 1. The van der Waals surface area contributed by atoms with Crippen LogP contribution in [0.3, 0.4) is 0 Å². The van der Waals surface area contributed by atoms with E-state index in [1.165, 1.54) is 25.7 Å². The zero-order chi connectivity index (χ0) is 14.1. The van der Waals surface area contributed by atoms with Gasteiger partial charge in [0.2, 0.25) is 0 Å². The van der Waals surface area contributed by atoms with Crippen LogP contribution >= 0.6 is 24.0 Å². The molecule has 0 amide bonds. The summed E-state index contributed by atoms with van der Waals surface area (Å²) in [5.74, 6) is 1.70. The van der Waals surface area contributed by atoms with Gasteiger partial charge < -0.3 is 15.2 Å². The Hall–Kier alpha value is -0.860. The number of halogens is 1.